The number of nitrogens with zero attached hydrogens (tertiary/aromatic N) is 1. The highest BCUT2D eigenvalue weighted by Gasteiger charge is 2.24. The molecule has 0 bridgehead atoms. The Morgan fingerprint density at radius 2 is 2.29 bits per heavy atom. The summed E-state index contributed by atoms with van der Waals surface area (Å²) in [6.07, 6.45) is 3.59. The van der Waals surface area contributed by atoms with Crippen LogP contribution >= 0.6 is 0 Å². The predicted molar refractivity (Wildman–Crippen MR) is 81.1 cm³/mol. The maximum atomic E-state index is 11.8. The number of rotatable bonds is 3. The number of methoxy groups -OCH3 is 1. The summed E-state index contributed by atoms with van der Waals surface area (Å²) in [5.74, 6) is 0.167. The molecule has 1 aliphatic rings. The van der Waals surface area contributed by atoms with Gasteiger partial charge < -0.3 is 15.8 Å². The number of hydrogen-bond acceptors (Lipinski definition) is 5. The Morgan fingerprint density at radius 3 is 3.10 bits per heavy atom. The number of pyridine rings is 1. The number of esters is 1. The molecular formula is C16H17N3O2. The number of fused-ring (bicyclic) bond motifs is 1. The number of anilines is 2. The number of benzene rings is 1. The molecule has 0 saturated heterocycles. The summed E-state index contributed by atoms with van der Waals surface area (Å²) < 4.78 is 4.79. The number of hydrogen-bond donors (Lipinski definition) is 2. The van der Waals surface area contributed by atoms with Crippen LogP contribution in [0.25, 0.3) is 0 Å². The number of aromatic nitrogens is 1. The highest BCUT2D eigenvalue weighted by atomic mass is 16.5. The summed E-state index contributed by atoms with van der Waals surface area (Å²) in [5, 5.41) is 3.35. The van der Waals surface area contributed by atoms with Gasteiger partial charge in [-0.05, 0) is 48.2 Å². The maximum Gasteiger partial charge on any atom is 0.341 e. The third-order valence-electron chi connectivity index (χ3n) is 3.77. The molecule has 1 aromatic heterocycles. The fraction of sp³-hybridized carbons (Fsp3) is 0.250. The van der Waals surface area contributed by atoms with E-state index in [1.54, 1.807) is 18.3 Å². The second-order valence-corrected chi connectivity index (χ2v) is 5.09. The van der Waals surface area contributed by atoms with Crippen LogP contribution in [0.3, 0.4) is 0 Å². The minimum atomic E-state index is -0.388. The van der Waals surface area contributed by atoms with Crippen LogP contribution in [0.4, 0.5) is 11.5 Å². The van der Waals surface area contributed by atoms with Gasteiger partial charge in [-0.3, -0.25) is 0 Å². The summed E-state index contributed by atoms with van der Waals surface area (Å²) in [4.78, 5) is 16.0. The van der Waals surface area contributed by atoms with Gasteiger partial charge in [0.15, 0.2) is 0 Å². The normalized spacial score (nSPS) is 16.3. The van der Waals surface area contributed by atoms with Gasteiger partial charge in [-0.25, -0.2) is 9.78 Å². The van der Waals surface area contributed by atoms with Gasteiger partial charge in [-0.15, -0.1) is 0 Å². The fourth-order valence-electron chi connectivity index (χ4n) is 2.75. The summed E-state index contributed by atoms with van der Waals surface area (Å²) in [6, 6.07) is 9.52. The molecule has 1 heterocycles. The molecule has 108 valence electrons. The van der Waals surface area contributed by atoms with E-state index in [4.69, 9.17) is 10.5 Å². The zero-order valence-corrected chi connectivity index (χ0v) is 11.8. The van der Waals surface area contributed by atoms with Crippen molar-refractivity contribution in [2.45, 2.75) is 18.9 Å². The predicted octanol–water partition coefficient (Wildman–Crippen LogP) is 2.55. The monoisotopic (exact) mass is 283 g/mol. The Labute approximate surface area is 123 Å². The van der Waals surface area contributed by atoms with Crippen LogP contribution < -0.4 is 11.1 Å². The molecule has 1 unspecified atom stereocenters. The first-order chi connectivity index (χ1) is 10.2. The molecule has 21 heavy (non-hydrogen) atoms. The van der Waals surface area contributed by atoms with Crippen LogP contribution in [-0.4, -0.2) is 18.1 Å². The lowest BCUT2D eigenvalue weighted by Crippen LogP contribution is -2.13. The van der Waals surface area contributed by atoms with Crippen LogP contribution in [-0.2, 0) is 11.2 Å². The lowest BCUT2D eigenvalue weighted by molar-refractivity contribution is 0.0601. The molecule has 5 nitrogen and oxygen atoms in total. The average Bonchev–Trinajstić information content (AvgIpc) is 2.89. The van der Waals surface area contributed by atoms with Crippen molar-refractivity contribution in [2.75, 3.05) is 18.2 Å². The molecule has 3 N–H and O–H groups in total. The van der Waals surface area contributed by atoms with Gasteiger partial charge in [0.1, 0.15) is 11.4 Å². The number of carbonyl (C=O) groups is 1. The van der Waals surface area contributed by atoms with Crippen molar-refractivity contribution in [3.63, 3.8) is 0 Å². The van der Waals surface area contributed by atoms with Gasteiger partial charge in [0.2, 0.25) is 0 Å². The molecule has 1 aromatic carbocycles. The average molecular weight is 283 g/mol. The Morgan fingerprint density at radius 1 is 1.43 bits per heavy atom. The largest absolute Gasteiger partial charge is 0.465 e. The van der Waals surface area contributed by atoms with Crippen molar-refractivity contribution in [3.05, 3.63) is 53.2 Å². The molecule has 0 spiro atoms. The van der Waals surface area contributed by atoms with E-state index in [9.17, 15) is 4.79 Å². The summed E-state index contributed by atoms with van der Waals surface area (Å²) >= 11 is 0. The van der Waals surface area contributed by atoms with Gasteiger partial charge in [-0.1, -0.05) is 6.07 Å². The minimum absolute atomic E-state index is 0.138. The quantitative estimate of drug-likeness (QED) is 0.668. The molecule has 1 aliphatic carbocycles. The van der Waals surface area contributed by atoms with Crippen molar-refractivity contribution >= 4 is 17.5 Å². The zero-order chi connectivity index (χ0) is 14.8. The van der Waals surface area contributed by atoms with E-state index in [-0.39, 0.29) is 12.0 Å². The molecule has 0 aliphatic heterocycles. The Bertz CT molecular complexity index is 685. The first-order valence-corrected chi connectivity index (χ1v) is 6.87. The third-order valence-corrected chi connectivity index (χ3v) is 3.77. The van der Waals surface area contributed by atoms with Crippen LogP contribution in [0.2, 0.25) is 0 Å². The number of aryl methyl sites for hydroxylation is 1. The van der Waals surface area contributed by atoms with E-state index in [0.29, 0.717) is 11.4 Å². The molecular weight excluding hydrogens is 266 g/mol. The standard InChI is InChI=1S/C16H17N3O2/c1-21-16(20)13-3-2-8-18-15(13)19-14-7-4-10-9-11(17)5-6-12(10)14/h2-3,5-6,8-9,14H,4,7,17H2,1H3,(H,18,19). The van der Waals surface area contributed by atoms with Crippen LogP contribution in [0.15, 0.2) is 36.5 Å². The zero-order valence-electron chi connectivity index (χ0n) is 11.8. The lowest BCUT2D eigenvalue weighted by Gasteiger charge is -2.16. The van der Waals surface area contributed by atoms with Crippen molar-refractivity contribution in [1.29, 1.82) is 0 Å². The van der Waals surface area contributed by atoms with E-state index in [1.807, 2.05) is 18.2 Å². The minimum Gasteiger partial charge on any atom is -0.465 e. The number of ether oxygens (including phenoxy) is 1. The molecule has 2 aromatic rings. The first kappa shape index (κ1) is 13.4. The van der Waals surface area contributed by atoms with Gasteiger partial charge in [0.05, 0.1) is 13.2 Å². The van der Waals surface area contributed by atoms with Gasteiger partial charge in [-0.2, -0.15) is 0 Å². The first-order valence-electron chi connectivity index (χ1n) is 6.87. The molecule has 0 radical (unpaired) electrons. The summed E-state index contributed by atoms with van der Waals surface area (Å²) in [6.45, 7) is 0. The molecule has 0 amide bonds. The topological polar surface area (TPSA) is 77.2 Å². The van der Waals surface area contributed by atoms with E-state index >= 15 is 0 Å². The fourth-order valence-corrected chi connectivity index (χ4v) is 2.75. The highest BCUT2D eigenvalue weighted by Crippen LogP contribution is 2.35. The van der Waals surface area contributed by atoms with E-state index < -0.39 is 0 Å². The van der Waals surface area contributed by atoms with E-state index in [2.05, 4.69) is 10.3 Å². The Hall–Kier alpha value is -2.56. The van der Waals surface area contributed by atoms with Crippen LogP contribution in [0.5, 0.6) is 0 Å². The SMILES string of the molecule is COC(=O)c1cccnc1NC1CCc2cc(N)ccc21. The molecule has 0 saturated carbocycles. The molecule has 5 heteroatoms. The number of nitrogen functional groups attached to an aromatic ring is 1. The highest BCUT2D eigenvalue weighted by molar-refractivity contribution is 5.94. The smallest absolute Gasteiger partial charge is 0.341 e. The Balaban J connectivity index is 1.88. The number of nitrogens with one attached hydrogen (secondary N) is 1. The van der Waals surface area contributed by atoms with Gasteiger partial charge in [0, 0.05) is 11.9 Å². The van der Waals surface area contributed by atoms with Gasteiger partial charge >= 0.3 is 5.97 Å². The molecule has 0 fully saturated rings. The summed E-state index contributed by atoms with van der Waals surface area (Å²) in [5.41, 5.74) is 9.51. The number of carbonyl (C=O) groups excluding carboxylic acids is 1. The second kappa shape index (κ2) is 5.44. The van der Waals surface area contributed by atoms with E-state index in [0.717, 1.165) is 18.5 Å². The van der Waals surface area contributed by atoms with Crippen LogP contribution in [0, 0.1) is 0 Å². The molecule has 3 rings (SSSR count). The van der Waals surface area contributed by atoms with Crippen molar-refractivity contribution < 1.29 is 9.53 Å². The third kappa shape index (κ3) is 2.54. The van der Waals surface area contributed by atoms with Crippen molar-refractivity contribution in [3.8, 4) is 0 Å². The molecule has 1 atom stereocenters. The van der Waals surface area contributed by atoms with Crippen molar-refractivity contribution in [2.24, 2.45) is 0 Å². The van der Waals surface area contributed by atoms with Crippen molar-refractivity contribution in [1.82, 2.24) is 4.98 Å². The second-order valence-electron chi connectivity index (χ2n) is 5.09. The maximum absolute atomic E-state index is 11.8. The lowest BCUT2D eigenvalue weighted by atomic mass is 10.1. The van der Waals surface area contributed by atoms with Crippen LogP contribution in [0.1, 0.15) is 33.9 Å². The summed E-state index contributed by atoms with van der Waals surface area (Å²) in [7, 11) is 1.37. The van der Waals surface area contributed by atoms with E-state index in [1.165, 1.54) is 18.2 Å². The number of nitrogens with two attached hydrogens (primary N) is 1. The van der Waals surface area contributed by atoms with Gasteiger partial charge in [0.25, 0.3) is 0 Å². The Kier molecular flexibility index (Phi) is 3.48.